The number of nitrogens with two attached hydrogens (primary N) is 1. The highest BCUT2D eigenvalue weighted by Crippen LogP contribution is 2.21. The maximum atomic E-state index is 5.47. The number of aryl methyl sites for hydroxylation is 1. The second-order valence-electron chi connectivity index (χ2n) is 3.72. The van der Waals surface area contributed by atoms with Gasteiger partial charge in [0.1, 0.15) is 5.82 Å². The van der Waals surface area contributed by atoms with Gasteiger partial charge in [0.15, 0.2) is 5.82 Å². The molecule has 0 saturated carbocycles. The zero-order valence-corrected chi connectivity index (χ0v) is 9.36. The van der Waals surface area contributed by atoms with Crippen LogP contribution in [0.4, 0.5) is 17.3 Å². The van der Waals surface area contributed by atoms with E-state index in [4.69, 9.17) is 5.73 Å². The molecule has 4 heteroatoms. The molecule has 0 spiro atoms. The van der Waals surface area contributed by atoms with Crippen LogP contribution < -0.4 is 11.1 Å². The smallest absolute Gasteiger partial charge is 0.153 e. The molecule has 0 bridgehead atoms. The Balaban J connectivity index is 2.27. The first-order valence-electron chi connectivity index (χ1n) is 5.09. The van der Waals surface area contributed by atoms with Gasteiger partial charge in [-0.05, 0) is 43.2 Å². The van der Waals surface area contributed by atoms with Gasteiger partial charge < -0.3 is 11.1 Å². The Labute approximate surface area is 94.5 Å². The number of benzene rings is 1. The molecule has 0 unspecified atom stereocenters. The first-order chi connectivity index (χ1) is 7.66. The molecule has 4 nitrogen and oxygen atoms in total. The first-order valence-corrected chi connectivity index (χ1v) is 5.09. The number of nitrogens with zero attached hydrogens (tertiary/aromatic N) is 2. The van der Waals surface area contributed by atoms with Crippen molar-refractivity contribution in [3.05, 3.63) is 41.5 Å². The monoisotopic (exact) mass is 214 g/mol. The highest BCUT2D eigenvalue weighted by molar-refractivity contribution is 5.61. The first kappa shape index (κ1) is 10.4. The quantitative estimate of drug-likeness (QED) is 0.805. The third kappa shape index (κ3) is 2.11. The van der Waals surface area contributed by atoms with Crippen molar-refractivity contribution in [2.45, 2.75) is 13.8 Å². The molecule has 0 aliphatic carbocycles. The molecule has 16 heavy (non-hydrogen) atoms. The Morgan fingerprint density at radius 1 is 1.06 bits per heavy atom. The number of nitrogen functional groups attached to an aromatic ring is 1. The van der Waals surface area contributed by atoms with Crippen molar-refractivity contribution in [3.8, 4) is 0 Å². The standard InChI is InChI=1S/C12H14N4/c1-8-4-3-5-10(9(8)2)14-12-7-6-11(13)15-16-12/h3-7H,1-2H3,(H2,13,15)(H,14,16). The summed E-state index contributed by atoms with van der Waals surface area (Å²) in [6.45, 7) is 4.15. The highest BCUT2D eigenvalue weighted by atomic mass is 15.2. The lowest BCUT2D eigenvalue weighted by Crippen LogP contribution is -1.99. The molecule has 1 aromatic carbocycles. The van der Waals surface area contributed by atoms with Gasteiger partial charge in [-0.25, -0.2) is 0 Å². The molecule has 2 rings (SSSR count). The van der Waals surface area contributed by atoms with Crippen LogP contribution in [0.3, 0.4) is 0 Å². The van der Waals surface area contributed by atoms with Crippen LogP contribution >= 0.6 is 0 Å². The lowest BCUT2D eigenvalue weighted by molar-refractivity contribution is 1.05. The zero-order chi connectivity index (χ0) is 11.5. The summed E-state index contributed by atoms with van der Waals surface area (Å²) in [5, 5.41) is 11.0. The average molecular weight is 214 g/mol. The summed E-state index contributed by atoms with van der Waals surface area (Å²) in [7, 11) is 0. The minimum absolute atomic E-state index is 0.423. The van der Waals surface area contributed by atoms with E-state index >= 15 is 0 Å². The normalized spacial score (nSPS) is 10.1. The molecule has 2 aromatic rings. The van der Waals surface area contributed by atoms with E-state index < -0.39 is 0 Å². The van der Waals surface area contributed by atoms with Crippen LogP contribution in [-0.2, 0) is 0 Å². The minimum Gasteiger partial charge on any atom is -0.382 e. The number of rotatable bonds is 2. The van der Waals surface area contributed by atoms with Gasteiger partial charge in [0.05, 0.1) is 0 Å². The van der Waals surface area contributed by atoms with Gasteiger partial charge in [-0.15, -0.1) is 10.2 Å². The van der Waals surface area contributed by atoms with Crippen molar-refractivity contribution in [2.24, 2.45) is 0 Å². The Bertz CT molecular complexity index is 491. The van der Waals surface area contributed by atoms with Gasteiger partial charge >= 0.3 is 0 Å². The molecule has 0 atom stereocenters. The lowest BCUT2D eigenvalue weighted by atomic mass is 10.1. The van der Waals surface area contributed by atoms with E-state index in [9.17, 15) is 0 Å². The van der Waals surface area contributed by atoms with Crippen molar-refractivity contribution >= 4 is 17.3 Å². The summed E-state index contributed by atoms with van der Waals surface area (Å²) in [6.07, 6.45) is 0. The number of hydrogen-bond acceptors (Lipinski definition) is 4. The van der Waals surface area contributed by atoms with Crippen LogP contribution in [-0.4, -0.2) is 10.2 Å². The van der Waals surface area contributed by atoms with Crippen LogP contribution in [0.15, 0.2) is 30.3 Å². The van der Waals surface area contributed by atoms with E-state index in [-0.39, 0.29) is 0 Å². The van der Waals surface area contributed by atoms with E-state index in [1.54, 1.807) is 6.07 Å². The third-order valence-electron chi connectivity index (χ3n) is 2.55. The summed E-state index contributed by atoms with van der Waals surface area (Å²) in [5.41, 5.74) is 8.97. The number of anilines is 3. The number of nitrogens with one attached hydrogen (secondary N) is 1. The molecule has 0 amide bonds. The van der Waals surface area contributed by atoms with Crippen LogP contribution in [0.2, 0.25) is 0 Å². The molecule has 1 heterocycles. The van der Waals surface area contributed by atoms with E-state index in [1.807, 2.05) is 18.2 Å². The molecule has 0 aliphatic rings. The molecule has 0 aliphatic heterocycles. The fourth-order valence-electron chi connectivity index (χ4n) is 1.43. The van der Waals surface area contributed by atoms with Gasteiger partial charge in [-0.2, -0.15) is 0 Å². The van der Waals surface area contributed by atoms with Gasteiger partial charge in [0.25, 0.3) is 0 Å². The average Bonchev–Trinajstić information content (AvgIpc) is 2.28. The van der Waals surface area contributed by atoms with Gasteiger partial charge in [0, 0.05) is 5.69 Å². The summed E-state index contributed by atoms with van der Waals surface area (Å²) in [6, 6.07) is 9.63. The van der Waals surface area contributed by atoms with E-state index in [0.29, 0.717) is 11.6 Å². The van der Waals surface area contributed by atoms with E-state index in [0.717, 1.165) is 5.69 Å². The number of aromatic nitrogens is 2. The number of hydrogen-bond donors (Lipinski definition) is 2. The summed E-state index contributed by atoms with van der Waals surface area (Å²) in [5.74, 6) is 1.12. The van der Waals surface area contributed by atoms with Crippen LogP contribution in [0.1, 0.15) is 11.1 Å². The maximum Gasteiger partial charge on any atom is 0.153 e. The molecule has 1 aromatic heterocycles. The third-order valence-corrected chi connectivity index (χ3v) is 2.55. The lowest BCUT2D eigenvalue weighted by Gasteiger charge is -2.10. The van der Waals surface area contributed by atoms with Crippen molar-refractivity contribution in [1.82, 2.24) is 10.2 Å². The Hall–Kier alpha value is -2.10. The highest BCUT2D eigenvalue weighted by Gasteiger charge is 2.01. The fraction of sp³-hybridized carbons (Fsp3) is 0.167. The van der Waals surface area contributed by atoms with Crippen LogP contribution in [0, 0.1) is 13.8 Å². The van der Waals surface area contributed by atoms with Crippen molar-refractivity contribution < 1.29 is 0 Å². The summed E-state index contributed by atoms with van der Waals surface area (Å²) >= 11 is 0. The Morgan fingerprint density at radius 3 is 2.56 bits per heavy atom. The van der Waals surface area contributed by atoms with Gasteiger partial charge in [0.2, 0.25) is 0 Å². The second kappa shape index (κ2) is 4.18. The fourth-order valence-corrected chi connectivity index (χ4v) is 1.43. The largest absolute Gasteiger partial charge is 0.382 e. The van der Waals surface area contributed by atoms with E-state index in [1.165, 1.54) is 11.1 Å². The summed E-state index contributed by atoms with van der Waals surface area (Å²) < 4.78 is 0. The predicted molar refractivity (Wildman–Crippen MR) is 65.6 cm³/mol. The van der Waals surface area contributed by atoms with Crippen LogP contribution in [0.5, 0.6) is 0 Å². The molecule has 3 N–H and O–H groups in total. The molecular weight excluding hydrogens is 200 g/mol. The SMILES string of the molecule is Cc1cccc(Nc2ccc(N)nn2)c1C. The zero-order valence-electron chi connectivity index (χ0n) is 9.36. The van der Waals surface area contributed by atoms with Gasteiger partial charge in [-0.1, -0.05) is 12.1 Å². The maximum absolute atomic E-state index is 5.47. The molecule has 0 radical (unpaired) electrons. The second-order valence-corrected chi connectivity index (χ2v) is 3.72. The molecule has 0 saturated heterocycles. The van der Waals surface area contributed by atoms with E-state index in [2.05, 4.69) is 35.4 Å². The molecular formula is C12H14N4. The van der Waals surface area contributed by atoms with Gasteiger partial charge in [-0.3, -0.25) is 0 Å². The van der Waals surface area contributed by atoms with Crippen molar-refractivity contribution in [1.29, 1.82) is 0 Å². The molecule has 0 fully saturated rings. The Kier molecular flexibility index (Phi) is 2.72. The Morgan fingerprint density at radius 2 is 1.88 bits per heavy atom. The predicted octanol–water partition coefficient (Wildman–Crippen LogP) is 2.42. The van der Waals surface area contributed by atoms with Crippen molar-refractivity contribution in [3.63, 3.8) is 0 Å². The summed E-state index contributed by atoms with van der Waals surface area (Å²) in [4.78, 5) is 0. The topological polar surface area (TPSA) is 63.8 Å². The molecule has 82 valence electrons. The van der Waals surface area contributed by atoms with Crippen molar-refractivity contribution in [2.75, 3.05) is 11.1 Å². The van der Waals surface area contributed by atoms with Crippen LogP contribution in [0.25, 0.3) is 0 Å². The minimum atomic E-state index is 0.423.